The van der Waals surface area contributed by atoms with E-state index < -0.39 is 5.92 Å². The zero-order valence-corrected chi connectivity index (χ0v) is 14.3. The molecule has 1 rings (SSSR count). The van der Waals surface area contributed by atoms with Gasteiger partial charge in [-0.1, -0.05) is 21.6 Å². The first kappa shape index (κ1) is 18.5. The van der Waals surface area contributed by atoms with E-state index in [2.05, 4.69) is 0 Å². The molecule has 1 fully saturated rings. The molecule has 5 nitrogen and oxygen atoms in total. The molecule has 1 saturated carbocycles. The van der Waals surface area contributed by atoms with E-state index in [1.54, 1.807) is 17.9 Å². The summed E-state index contributed by atoms with van der Waals surface area (Å²) in [5, 5.41) is 0. The van der Waals surface area contributed by atoms with Crippen LogP contribution < -0.4 is 0 Å². The Morgan fingerprint density at radius 1 is 1.29 bits per heavy atom. The van der Waals surface area contributed by atoms with Gasteiger partial charge in [-0.2, -0.15) is 0 Å². The number of ketones is 2. The van der Waals surface area contributed by atoms with E-state index in [1.807, 2.05) is 13.8 Å². The van der Waals surface area contributed by atoms with E-state index in [9.17, 15) is 14.4 Å². The van der Waals surface area contributed by atoms with Crippen LogP contribution in [0.1, 0.15) is 33.1 Å². The highest BCUT2D eigenvalue weighted by Crippen LogP contribution is 2.35. The van der Waals surface area contributed by atoms with Crippen molar-refractivity contribution < 1.29 is 23.9 Å². The molecule has 0 spiro atoms. The third kappa shape index (κ3) is 6.84. The third-order valence-corrected chi connectivity index (χ3v) is 6.12. The molecular formula is C14H22O5S2. The van der Waals surface area contributed by atoms with Crippen LogP contribution >= 0.6 is 21.6 Å². The number of Topliss-reactive ketones (excluding diaryl/α,β-unsaturated/α-hetero) is 2. The second kappa shape index (κ2) is 8.80. The highest BCUT2D eigenvalue weighted by Gasteiger charge is 2.32. The Balaban J connectivity index is 2.14. The number of ether oxygens (including phenoxy) is 2. The molecule has 1 aliphatic rings. The van der Waals surface area contributed by atoms with Crippen LogP contribution in [0.5, 0.6) is 0 Å². The minimum absolute atomic E-state index is 0.0257. The van der Waals surface area contributed by atoms with Crippen molar-refractivity contribution in [2.75, 3.05) is 26.1 Å². The Kier molecular flexibility index (Phi) is 7.76. The van der Waals surface area contributed by atoms with Gasteiger partial charge in [0.15, 0.2) is 0 Å². The monoisotopic (exact) mass is 334 g/mol. The van der Waals surface area contributed by atoms with E-state index in [0.29, 0.717) is 25.9 Å². The molecule has 0 saturated heterocycles. The number of hydrogen-bond donors (Lipinski definition) is 0. The summed E-state index contributed by atoms with van der Waals surface area (Å²) < 4.78 is 10.1. The first-order valence-corrected chi connectivity index (χ1v) is 9.18. The van der Waals surface area contributed by atoms with Gasteiger partial charge in [0.2, 0.25) is 0 Å². The normalized spacial score (nSPS) is 16.5. The number of hydrogen-bond acceptors (Lipinski definition) is 7. The van der Waals surface area contributed by atoms with Crippen LogP contribution in [0.15, 0.2) is 0 Å². The summed E-state index contributed by atoms with van der Waals surface area (Å²) in [7, 11) is 4.64. The van der Waals surface area contributed by atoms with E-state index in [-0.39, 0.29) is 34.6 Å². The van der Waals surface area contributed by atoms with Crippen LogP contribution in [0.25, 0.3) is 0 Å². The van der Waals surface area contributed by atoms with Crippen LogP contribution in [-0.2, 0) is 23.9 Å². The second-order valence-electron chi connectivity index (χ2n) is 5.53. The van der Waals surface area contributed by atoms with Gasteiger partial charge in [-0.25, -0.2) is 0 Å². The molecule has 0 unspecified atom stereocenters. The summed E-state index contributed by atoms with van der Waals surface area (Å²) in [5.74, 6) is -0.687. The minimum atomic E-state index is -0.555. The van der Waals surface area contributed by atoms with Gasteiger partial charge >= 0.3 is 5.97 Å². The Bertz CT molecular complexity index is 379. The molecule has 120 valence electrons. The number of carbonyl (C=O) groups excluding carboxylic acids is 3. The maximum absolute atomic E-state index is 11.6. The highest BCUT2D eigenvalue weighted by molar-refractivity contribution is 8.77. The molecule has 0 atom stereocenters. The number of carbonyl (C=O) groups is 3. The first-order valence-electron chi connectivity index (χ1n) is 6.86. The van der Waals surface area contributed by atoms with Crippen molar-refractivity contribution in [3.05, 3.63) is 0 Å². The van der Waals surface area contributed by atoms with Crippen molar-refractivity contribution in [1.82, 2.24) is 0 Å². The molecule has 0 amide bonds. The number of methoxy groups -OCH3 is 1. The van der Waals surface area contributed by atoms with Gasteiger partial charge in [-0.3, -0.25) is 14.4 Å². The standard InChI is InChI=1S/C14H22O5S2/c1-14(2,9-18-3)21-20-8-13(17)19-7-6-10-11(15)4-5-12(10)16/h10H,4-9H2,1-3H3. The van der Waals surface area contributed by atoms with Gasteiger partial charge in [0.1, 0.15) is 17.3 Å². The minimum Gasteiger partial charge on any atom is -0.465 e. The number of esters is 1. The second-order valence-corrected chi connectivity index (χ2v) is 8.54. The van der Waals surface area contributed by atoms with Crippen LogP contribution in [0.3, 0.4) is 0 Å². The van der Waals surface area contributed by atoms with E-state index >= 15 is 0 Å². The fourth-order valence-electron chi connectivity index (χ4n) is 2.04. The van der Waals surface area contributed by atoms with Crippen molar-refractivity contribution in [2.24, 2.45) is 5.92 Å². The van der Waals surface area contributed by atoms with E-state index in [1.165, 1.54) is 10.8 Å². The summed E-state index contributed by atoms with van der Waals surface area (Å²) >= 11 is 0. The molecular weight excluding hydrogens is 312 g/mol. The van der Waals surface area contributed by atoms with Crippen LogP contribution in [0.2, 0.25) is 0 Å². The van der Waals surface area contributed by atoms with Crippen LogP contribution in [0.4, 0.5) is 0 Å². The van der Waals surface area contributed by atoms with Crippen molar-refractivity contribution in [1.29, 1.82) is 0 Å². The number of rotatable bonds is 9. The molecule has 0 aliphatic heterocycles. The molecule has 0 N–H and O–H groups in total. The molecule has 7 heteroatoms. The quantitative estimate of drug-likeness (QED) is 0.364. The predicted octanol–water partition coefficient (Wildman–Crippen LogP) is 2.27. The third-order valence-electron chi connectivity index (χ3n) is 3.02. The van der Waals surface area contributed by atoms with Crippen molar-refractivity contribution in [2.45, 2.75) is 37.9 Å². The van der Waals surface area contributed by atoms with Gasteiger partial charge in [0.25, 0.3) is 0 Å². The van der Waals surface area contributed by atoms with Crippen molar-refractivity contribution in [3.8, 4) is 0 Å². The first-order chi connectivity index (χ1) is 9.85. The molecule has 0 aromatic heterocycles. The summed E-state index contributed by atoms with van der Waals surface area (Å²) in [6.07, 6.45) is 0.980. The van der Waals surface area contributed by atoms with Gasteiger partial charge in [0.05, 0.1) is 19.1 Å². The van der Waals surface area contributed by atoms with Gasteiger partial charge < -0.3 is 9.47 Å². The Labute approximate surface area is 133 Å². The lowest BCUT2D eigenvalue weighted by molar-refractivity contribution is -0.142. The van der Waals surface area contributed by atoms with Crippen molar-refractivity contribution in [3.63, 3.8) is 0 Å². The predicted molar refractivity (Wildman–Crippen MR) is 84.3 cm³/mol. The maximum Gasteiger partial charge on any atom is 0.316 e. The molecule has 0 radical (unpaired) electrons. The van der Waals surface area contributed by atoms with Crippen molar-refractivity contribution >= 4 is 39.1 Å². The Morgan fingerprint density at radius 3 is 2.48 bits per heavy atom. The Morgan fingerprint density at radius 2 is 1.90 bits per heavy atom. The molecule has 0 bridgehead atoms. The molecule has 21 heavy (non-hydrogen) atoms. The summed E-state index contributed by atoms with van der Waals surface area (Å²) in [4.78, 5) is 34.4. The lowest BCUT2D eigenvalue weighted by Crippen LogP contribution is -2.21. The summed E-state index contributed by atoms with van der Waals surface area (Å²) in [5.41, 5.74) is 0. The van der Waals surface area contributed by atoms with Gasteiger partial charge in [-0.15, -0.1) is 0 Å². The summed E-state index contributed by atoms with van der Waals surface area (Å²) in [6, 6.07) is 0. The average molecular weight is 334 g/mol. The topological polar surface area (TPSA) is 69.7 Å². The zero-order chi connectivity index (χ0) is 15.9. The average Bonchev–Trinajstić information content (AvgIpc) is 2.70. The molecule has 1 aliphatic carbocycles. The lowest BCUT2D eigenvalue weighted by Gasteiger charge is -2.21. The van der Waals surface area contributed by atoms with Gasteiger partial charge in [-0.05, 0) is 20.3 Å². The molecule has 0 aromatic carbocycles. The maximum atomic E-state index is 11.6. The Hall–Kier alpha value is -0.530. The van der Waals surface area contributed by atoms with Gasteiger partial charge in [0, 0.05) is 24.7 Å². The fourth-order valence-corrected chi connectivity index (χ4v) is 4.33. The van der Waals surface area contributed by atoms with Crippen LogP contribution in [0, 0.1) is 5.92 Å². The SMILES string of the molecule is COCC(C)(C)SSCC(=O)OCCC1C(=O)CCC1=O. The zero-order valence-electron chi connectivity index (χ0n) is 12.7. The smallest absolute Gasteiger partial charge is 0.316 e. The van der Waals surface area contributed by atoms with E-state index in [4.69, 9.17) is 9.47 Å². The van der Waals surface area contributed by atoms with Crippen LogP contribution in [-0.4, -0.2) is 48.4 Å². The molecule has 0 heterocycles. The van der Waals surface area contributed by atoms with E-state index in [0.717, 1.165) is 0 Å². The fraction of sp³-hybridized carbons (Fsp3) is 0.786. The lowest BCUT2D eigenvalue weighted by atomic mass is 10.0. The highest BCUT2D eigenvalue weighted by atomic mass is 33.1. The largest absolute Gasteiger partial charge is 0.465 e. The summed E-state index contributed by atoms with van der Waals surface area (Å²) in [6.45, 7) is 4.81. The molecule has 0 aromatic rings.